The number of nitriles is 1. The average Bonchev–Trinajstić information content (AvgIpc) is 2.74. The zero-order valence-corrected chi connectivity index (χ0v) is 11.6. The van der Waals surface area contributed by atoms with E-state index in [1.54, 1.807) is 11.3 Å². The minimum absolute atomic E-state index is 0.198. The molecule has 2 atom stereocenters. The normalized spacial score (nSPS) is 24.8. The fraction of sp³-hybridized carbons (Fsp3) is 0.615. The summed E-state index contributed by atoms with van der Waals surface area (Å²) in [6.07, 6.45) is 4.65. The van der Waals surface area contributed by atoms with Gasteiger partial charge in [0.05, 0.1) is 16.3 Å². The van der Waals surface area contributed by atoms with E-state index in [2.05, 4.69) is 24.1 Å². The van der Waals surface area contributed by atoms with E-state index in [0.717, 1.165) is 23.7 Å². The summed E-state index contributed by atoms with van der Waals surface area (Å²) in [4.78, 5) is 3.59. The fourth-order valence-electron chi connectivity index (χ4n) is 2.59. The van der Waals surface area contributed by atoms with Crippen molar-refractivity contribution in [3.63, 3.8) is 0 Å². The second kappa shape index (κ2) is 5.86. The second-order valence-electron chi connectivity index (χ2n) is 4.71. The molecule has 0 radical (unpaired) electrons. The Kier molecular flexibility index (Phi) is 4.44. The van der Waals surface area contributed by atoms with E-state index in [1.807, 2.05) is 6.07 Å². The van der Waals surface area contributed by atoms with E-state index in [-0.39, 0.29) is 5.92 Å². The maximum atomic E-state index is 9.19. The zero-order chi connectivity index (χ0) is 12.3. The Balaban J connectivity index is 1.98. The summed E-state index contributed by atoms with van der Waals surface area (Å²) in [5.74, 6) is 0.198. The van der Waals surface area contributed by atoms with Gasteiger partial charge in [-0.1, -0.05) is 24.4 Å². The maximum Gasteiger partial charge on any atom is 0.0931 e. The predicted octanol–water partition coefficient (Wildman–Crippen LogP) is 3.92. The number of rotatable bonds is 3. The molecular weight excluding hydrogens is 252 g/mol. The summed E-state index contributed by atoms with van der Waals surface area (Å²) in [6, 6.07) is 6.89. The van der Waals surface area contributed by atoms with Crippen LogP contribution in [-0.4, -0.2) is 18.0 Å². The van der Waals surface area contributed by atoms with Crippen LogP contribution in [0.15, 0.2) is 12.1 Å². The van der Waals surface area contributed by atoms with Crippen LogP contribution in [0.3, 0.4) is 0 Å². The molecule has 1 aromatic heterocycles. The van der Waals surface area contributed by atoms with E-state index < -0.39 is 0 Å². The summed E-state index contributed by atoms with van der Waals surface area (Å²) in [5, 5.41) is 9.19. The van der Waals surface area contributed by atoms with Crippen LogP contribution < -0.4 is 0 Å². The number of hydrogen-bond donors (Lipinski definition) is 0. The third-order valence-electron chi connectivity index (χ3n) is 3.50. The highest BCUT2D eigenvalue weighted by Gasteiger charge is 2.28. The minimum Gasteiger partial charge on any atom is -0.297 e. The number of halogens is 1. The van der Waals surface area contributed by atoms with Crippen molar-refractivity contribution in [3.05, 3.63) is 21.3 Å². The molecule has 0 aromatic carbocycles. The van der Waals surface area contributed by atoms with Gasteiger partial charge in [-0.15, -0.1) is 11.3 Å². The van der Waals surface area contributed by atoms with Crippen LogP contribution in [0.5, 0.6) is 0 Å². The molecule has 0 bridgehead atoms. The molecule has 1 aliphatic rings. The van der Waals surface area contributed by atoms with Gasteiger partial charge < -0.3 is 0 Å². The molecule has 1 saturated carbocycles. The molecule has 0 aliphatic heterocycles. The summed E-state index contributed by atoms with van der Waals surface area (Å²) < 4.78 is 0.842. The Labute approximate surface area is 112 Å². The van der Waals surface area contributed by atoms with E-state index in [1.165, 1.54) is 17.7 Å². The van der Waals surface area contributed by atoms with Crippen LogP contribution in [0.4, 0.5) is 0 Å². The Hall–Kier alpha value is -0.560. The molecule has 0 N–H and O–H groups in total. The molecule has 0 spiro atoms. The third-order valence-corrected chi connectivity index (χ3v) is 4.71. The van der Waals surface area contributed by atoms with Gasteiger partial charge in [-0.2, -0.15) is 5.26 Å². The Morgan fingerprint density at radius 2 is 2.24 bits per heavy atom. The van der Waals surface area contributed by atoms with Gasteiger partial charge in [0.2, 0.25) is 0 Å². The van der Waals surface area contributed by atoms with Gasteiger partial charge in [0.15, 0.2) is 0 Å². The van der Waals surface area contributed by atoms with Crippen molar-refractivity contribution in [2.45, 2.75) is 38.3 Å². The Morgan fingerprint density at radius 1 is 1.47 bits per heavy atom. The van der Waals surface area contributed by atoms with E-state index in [4.69, 9.17) is 11.6 Å². The first-order valence-corrected chi connectivity index (χ1v) is 7.24. The van der Waals surface area contributed by atoms with Gasteiger partial charge in [0.25, 0.3) is 0 Å². The smallest absolute Gasteiger partial charge is 0.0931 e. The number of thiophene rings is 1. The Bertz CT molecular complexity index is 410. The number of hydrogen-bond acceptors (Lipinski definition) is 3. The van der Waals surface area contributed by atoms with E-state index in [0.29, 0.717) is 6.04 Å². The minimum atomic E-state index is 0.198. The van der Waals surface area contributed by atoms with Crippen molar-refractivity contribution < 1.29 is 0 Å². The molecule has 92 valence electrons. The van der Waals surface area contributed by atoms with Gasteiger partial charge in [-0.3, -0.25) is 4.90 Å². The maximum absolute atomic E-state index is 9.19. The molecule has 2 rings (SSSR count). The van der Waals surface area contributed by atoms with Gasteiger partial charge in [-0.05, 0) is 32.0 Å². The SMILES string of the molecule is CN(Cc1ccc(Cl)s1)C1CCCCC1C#N. The highest BCUT2D eigenvalue weighted by Crippen LogP contribution is 2.29. The summed E-state index contributed by atoms with van der Waals surface area (Å²) in [5.41, 5.74) is 0. The van der Waals surface area contributed by atoms with E-state index in [9.17, 15) is 5.26 Å². The summed E-state index contributed by atoms with van der Waals surface area (Å²) in [6.45, 7) is 0.903. The van der Waals surface area contributed by atoms with Crippen LogP contribution in [-0.2, 0) is 6.54 Å². The molecular formula is C13H17ClN2S. The van der Waals surface area contributed by atoms with Crippen molar-refractivity contribution in [3.8, 4) is 6.07 Å². The van der Waals surface area contributed by atoms with Crippen molar-refractivity contribution in [1.82, 2.24) is 4.90 Å². The highest BCUT2D eigenvalue weighted by molar-refractivity contribution is 7.16. The van der Waals surface area contributed by atoms with Crippen LogP contribution in [0.1, 0.15) is 30.6 Å². The molecule has 0 amide bonds. The first-order valence-electron chi connectivity index (χ1n) is 6.05. The summed E-state index contributed by atoms with van der Waals surface area (Å²) >= 11 is 7.56. The zero-order valence-electron chi connectivity index (χ0n) is 10.0. The van der Waals surface area contributed by atoms with Gasteiger partial charge in [0.1, 0.15) is 0 Å². The molecule has 1 heterocycles. The predicted molar refractivity (Wildman–Crippen MR) is 72.2 cm³/mol. The highest BCUT2D eigenvalue weighted by atomic mass is 35.5. The van der Waals surface area contributed by atoms with Crippen molar-refractivity contribution in [2.75, 3.05) is 7.05 Å². The molecule has 1 fully saturated rings. The molecule has 1 aromatic rings. The first-order chi connectivity index (χ1) is 8.20. The average molecular weight is 269 g/mol. The Morgan fingerprint density at radius 3 is 2.88 bits per heavy atom. The molecule has 2 nitrogen and oxygen atoms in total. The van der Waals surface area contributed by atoms with Gasteiger partial charge in [-0.25, -0.2) is 0 Å². The molecule has 0 saturated heterocycles. The fourth-order valence-corrected chi connectivity index (χ4v) is 3.74. The van der Waals surface area contributed by atoms with Crippen LogP contribution in [0, 0.1) is 17.2 Å². The van der Waals surface area contributed by atoms with Gasteiger partial charge >= 0.3 is 0 Å². The lowest BCUT2D eigenvalue weighted by molar-refractivity contribution is 0.152. The largest absolute Gasteiger partial charge is 0.297 e. The molecule has 1 aliphatic carbocycles. The lowest BCUT2D eigenvalue weighted by atomic mass is 9.84. The lowest BCUT2D eigenvalue weighted by Gasteiger charge is -2.34. The second-order valence-corrected chi connectivity index (χ2v) is 6.51. The summed E-state index contributed by atoms with van der Waals surface area (Å²) in [7, 11) is 2.12. The molecule has 4 heteroatoms. The topological polar surface area (TPSA) is 27.0 Å². The van der Waals surface area contributed by atoms with Gasteiger partial charge in [0, 0.05) is 17.5 Å². The monoisotopic (exact) mass is 268 g/mol. The van der Waals surface area contributed by atoms with Crippen molar-refractivity contribution in [2.24, 2.45) is 5.92 Å². The third kappa shape index (κ3) is 3.22. The standard InChI is InChI=1S/C13H17ClN2S/c1-16(9-11-6-7-13(14)17-11)12-5-3-2-4-10(12)8-15/h6-7,10,12H,2-5,9H2,1H3. The number of nitrogens with zero attached hydrogens (tertiary/aromatic N) is 2. The van der Waals surface area contributed by atoms with Crippen LogP contribution in [0.2, 0.25) is 4.34 Å². The van der Waals surface area contributed by atoms with E-state index >= 15 is 0 Å². The van der Waals surface area contributed by atoms with Crippen molar-refractivity contribution >= 4 is 22.9 Å². The van der Waals surface area contributed by atoms with Crippen LogP contribution >= 0.6 is 22.9 Å². The quantitative estimate of drug-likeness (QED) is 0.831. The van der Waals surface area contributed by atoms with Crippen molar-refractivity contribution in [1.29, 1.82) is 5.26 Å². The molecule has 2 unspecified atom stereocenters. The molecule has 17 heavy (non-hydrogen) atoms. The lowest BCUT2D eigenvalue weighted by Crippen LogP contribution is -2.38. The first kappa shape index (κ1) is 12.9. The van der Waals surface area contributed by atoms with Crippen LogP contribution in [0.25, 0.3) is 0 Å².